The van der Waals surface area contributed by atoms with Crippen molar-refractivity contribution in [3.8, 4) is 0 Å². The molecule has 0 unspecified atom stereocenters. The molecule has 4 nitrogen and oxygen atoms in total. The van der Waals surface area contributed by atoms with Crippen LogP contribution >= 0.6 is 27.7 Å². The van der Waals surface area contributed by atoms with Crippen LogP contribution in [0.2, 0.25) is 0 Å². The van der Waals surface area contributed by atoms with E-state index < -0.39 is 11.5 Å². The summed E-state index contributed by atoms with van der Waals surface area (Å²) >= 11 is 4.96. The van der Waals surface area contributed by atoms with Crippen LogP contribution in [0.3, 0.4) is 0 Å². The Balaban J connectivity index is 1.75. The number of thioether (sulfide) groups is 1. The zero-order valence-corrected chi connectivity index (χ0v) is 13.3. The molecule has 0 atom stereocenters. The van der Waals surface area contributed by atoms with E-state index >= 15 is 0 Å². The van der Waals surface area contributed by atoms with Gasteiger partial charge in [-0.2, -0.15) is 0 Å². The van der Waals surface area contributed by atoms with E-state index in [-0.39, 0.29) is 5.91 Å². The number of rotatable bonds is 6. The van der Waals surface area contributed by atoms with Crippen molar-refractivity contribution in [2.24, 2.45) is 0 Å². The van der Waals surface area contributed by atoms with Gasteiger partial charge in [0.25, 0.3) is 0 Å². The molecule has 0 radical (unpaired) electrons. The van der Waals surface area contributed by atoms with E-state index in [1.165, 1.54) is 0 Å². The molecule has 1 amide bonds. The Kier molecular flexibility index (Phi) is 5.10. The molecule has 20 heavy (non-hydrogen) atoms. The van der Waals surface area contributed by atoms with Gasteiger partial charge in [-0.05, 0) is 43.5 Å². The third kappa shape index (κ3) is 3.76. The average molecular weight is 358 g/mol. The summed E-state index contributed by atoms with van der Waals surface area (Å²) in [6.07, 6.45) is 2.26. The standard InChI is InChI=1S/C14H16BrNO3S/c15-10-2-4-11(5-3-10)20-9-6-12(17)16-14(13(18)19)7-1-8-14/h2-5H,1,6-9H2,(H,16,17)(H,18,19). The van der Waals surface area contributed by atoms with E-state index in [2.05, 4.69) is 21.2 Å². The fraction of sp³-hybridized carbons (Fsp3) is 0.429. The Labute approximate surface area is 130 Å². The molecule has 1 saturated carbocycles. The Morgan fingerprint density at radius 2 is 1.95 bits per heavy atom. The first-order valence-corrected chi connectivity index (χ1v) is 8.22. The number of carboxylic acid groups (broad SMARTS) is 1. The predicted molar refractivity (Wildman–Crippen MR) is 81.8 cm³/mol. The van der Waals surface area contributed by atoms with E-state index in [0.717, 1.165) is 15.8 Å². The first-order chi connectivity index (χ1) is 9.52. The third-order valence-corrected chi connectivity index (χ3v) is 4.95. The SMILES string of the molecule is O=C(CCSc1ccc(Br)cc1)NC1(C(=O)O)CCC1. The summed E-state index contributed by atoms with van der Waals surface area (Å²) in [6.45, 7) is 0. The van der Waals surface area contributed by atoms with Crippen molar-refractivity contribution in [3.05, 3.63) is 28.7 Å². The van der Waals surface area contributed by atoms with Crippen LogP contribution in [0.1, 0.15) is 25.7 Å². The second-order valence-electron chi connectivity index (χ2n) is 4.84. The van der Waals surface area contributed by atoms with Gasteiger partial charge < -0.3 is 10.4 Å². The van der Waals surface area contributed by atoms with Gasteiger partial charge in [-0.25, -0.2) is 4.79 Å². The van der Waals surface area contributed by atoms with Crippen LogP contribution in [-0.2, 0) is 9.59 Å². The molecule has 1 aromatic rings. The van der Waals surface area contributed by atoms with E-state index in [9.17, 15) is 9.59 Å². The number of halogens is 1. The molecule has 0 saturated heterocycles. The summed E-state index contributed by atoms with van der Waals surface area (Å²) in [4.78, 5) is 24.0. The Bertz CT molecular complexity index is 500. The first-order valence-electron chi connectivity index (χ1n) is 6.45. The Morgan fingerprint density at radius 3 is 2.45 bits per heavy atom. The maximum absolute atomic E-state index is 11.8. The molecule has 0 aliphatic heterocycles. The normalized spacial score (nSPS) is 16.2. The molecule has 2 N–H and O–H groups in total. The van der Waals surface area contributed by atoms with E-state index in [0.29, 0.717) is 25.0 Å². The minimum absolute atomic E-state index is 0.184. The molecule has 0 heterocycles. The minimum Gasteiger partial charge on any atom is -0.480 e. The molecule has 1 fully saturated rings. The smallest absolute Gasteiger partial charge is 0.329 e. The lowest BCUT2D eigenvalue weighted by molar-refractivity contribution is -0.151. The number of carboxylic acids is 1. The van der Waals surface area contributed by atoms with Crippen LogP contribution < -0.4 is 5.32 Å². The molecule has 108 valence electrons. The molecule has 0 aromatic heterocycles. The number of hydrogen-bond donors (Lipinski definition) is 2. The molecule has 1 aliphatic rings. The van der Waals surface area contributed by atoms with Gasteiger partial charge in [0, 0.05) is 21.5 Å². The highest BCUT2D eigenvalue weighted by molar-refractivity contribution is 9.10. The maximum atomic E-state index is 11.8. The largest absolute Gasteiger partial charge is 0.480 e. The van der Waals surface area contributed by atoms with Crippen LogP contribution in [0.5, 0.6) is 0 Å². The lowest BCUT2D eigenvalue weighted by atomic mass is 9.76. The van der Waals surface area contributed by atoms with E-state index in [4.69, 9.17) is 5.11 Å². The van der Waals surface area contributed by atoms with Crippen molar-refractivity contribution in [3.63, 3.8) is 0 Å². The highest BCUT2D eigenvalue weighted by Gasteiger charge is 2.45. The molecular formula is C14H16BrNO3S. The van der Waals surface area contributed by atoms with Crippen molar-refractivity contribution in [2.45, 2.75) is 36.1 Å². The zero-order chi connectivity index (χ0) is 14.6. The zero-order valence-electron chi connectivity index (χ0n) is 10.9. The van der Waals surface area contributed by atoms with Gasteiger partial charge in [-0.15, -0.1) is 11.8 Å². The molecular weight excluding hydrogens is 342 g/mol. The molecule has 0 spiro atoms. The Hall–Kier alpha value is -1.01. The number of benzene rings is 1. The number of hydrogen-bond acceptors (Lipinski definition) is 3. The monoisotopic (exact) mass is 357 g/mol. The van der Waals surface area contributed by atoms with Crippen molar-refractivity contribution in [2.75, 3.05) is 5.75 Å². The fourth-order valence-electron chi connectivity index (χ4n) is 2.04. The topological polar surface area (TPSA) is 66.4 Å². The van der Waals surface area contributed by atoms with Gasteiger partial charge in [0.2, 0.25) is 5.91 Å². The Morgan fingerprint density at radius 1 is 1.30 bits per heavy atom. The lowest BCUT2D eigenvalue weighted by Crippen LogP contribution is -2.59. The predicted octanol–water partition coefficient (Wildman–Crippen LogP) is 3.05. The van der Waals surface area contributed by atoms with Crippen LogP contribution in [0.25, 0.3) is 0 Å². The number of carbonyl (C=O) groups is 2. The van der Waals surface area contributed by atoms with Gasteiger partial charge in [0.1, 0.15) is 5.54 Å². The molecule has 1 aliphatic carbocycles. The minimum atomic E-state index is -1.00. The molecule has 6 heteroatoms. The van der Waals surface area contributed by atoms with Crippen LogP contribution in [0, 0.1) is 0 Å². The lowest BCUT2D eigenvalue weighted by Gasteiger charge is -2.38. The molecule has 2 rings (SSSR count). The van der Waals surface area contributed by atoms with E-state index in [1.54, 1.807) is 11.8 Å². The average Bonchev–Trinajstić information content (AvgIpc) is 2.36. The molecule has 1 aromatic carbocycles. The second kappa shape index (κ2) is 6.63. The fourth-order valence-corrected chi connectivity index (χ4v) is 3.16. The van der Waals surface area contributed by atoms with Crippen molar-refractivity contribution < 1.29 is 14.7 Å². The quantitative estimate of drug-likeness (QED) is 0.767. The van der Waals surface area contributed by atoms with Gasteiger partial charge in [-0.1, -0.05) is 15.9 Å². The van der Waals surface area contributed by atoms with Gasteiger partial charge >= 0.3 is 5.97 Å². The van der Waals surface area contributed by atoms with Crippen molar-refractivity contribution in [1.82, 2.24) is 5.32 Å². The van der Waals surface area contributed by atoms with Crippen LogP contribution in [0.4, 0.5) is 0 Å². The maximum Gasteiger partial charge on any atom is 0.329 e. The second-order valence-corrected chi connectivity index (χ2v) is 6.93. The summed E-state index contributed by atoms with van der Waals surface area (Å²) in [5, 5.41) is 11.8. The highest BCUT2D eigenvalue weighted by Crippen LogP contribution is 2.32. The van der Waals surface area contributed by atoms with Crippen LogP contribution in [-0.4, -0.2) is 28.3 Å². The highest BCUT2D eigenvalue weighted by atomic mass is 79.9. The molecule has 0 bridgehead atoms. The summed E-state index contributed by atoms with van der Waals surface area (Å²) in [5.41, 5.74) is -1.00. The summed E-state index contributed by atoms with van der Waals surface area (Å²) in [7, 11) is 0. The van der Waals surface area contributed by atoms with E-state index in [1.807, 2.05) is 24.3 Å². The summed E-state index contributed by atoms with van der Waals surface area (Å²) in [5.74, 6) is -0.460. The third-order valence-electron chi connectivity index (χ3n) is 3.41. The van der Waals surface area contributed by atoms with Gasteiger partial charge in [0.15, 0.2) is 0 Å². The number of aliphatic carboxylic acids is 1. The first kappa shape index (κ1) is 15.4. The van der Waals surface area contributed by atoms with Crippen molar-refractivity contribution >= 4 is 39.6 Å². The summed E-state index contributed by atoms with van der Waals surface area (Å²) in [6, 6.07) is 7.88. The number of carbonyl (C=O) groups excluding carboxylic acids is 1. The summed E-state index contributed by atoms with van der Waals surface area (Å²) < 4.78 is 1.02. The van der Waals surface area contributed by atoms with Gasteiger partial charge in [-0.3, -0.25) is 4.79 Å². The van der Waals surface area contributed by atoms with Crippen LogP contribution in [0.15, 0.2) is 33.6 Å². The number of amides is 1. The number of nitrogens with one attached hydrogen (secondary N) is 1. The van der Waals surface area contributed by atoms with Gasteiger partial charge in [0.05, 0.1) is 0 Å². The van der Waals surface area contributed by atoms with Crippen molar-refractivity contribution in [1.29, 1.82) is 0 Å².